The SMILES string of the molecule is CC(CC1CC1)NC(=O)c1cc(Cl)c(Cl)c(S(=O)(=O)Cl)c1. The molecule has 0 radical (unpaired) electrons. The number of nitrogens with one attached hydrogen (secondary N) is 1. The van der Waals surface area contributed by atoms with Gasteiger partial charge in [-0.15, -0.1) is 0 Å². The summed E-state index contributed by atoms with van der Waals surface area (Å²) in [4.78, 5) is 11.8. The Hall–Kier alpha value is -0.490. The summed E-state index contributed by atoms with van der Waals surface area (Å²) in [6.45, 7) is 1.91. The third-order valence-electron chi connectivity index (χ3n) is 3.28. The summed E-state index contributed by atoms with van der Waals surface area (Å²) in [6.07, 6.45) is 3.30. The van der Waals surface area contributed by atoms with Crippen LogP contribution in [-0.2, 0) is 9.05 Å². The van der Waals surface area contributed by atoms with Crippen molar-refractivity contribution in [2.45, 2.75) is 37.1 Å². The Kier molecular flexibility index (Phi) is 5.08. The van der Waals surface area contributed by atoms with Crippen LogP contribution >= 0.6 is 33.9 Å². The maximum atomic E-state index is 12.1. The number of benzene rings is 1. The summed E-state index contributed by atoms with van der Waals surface area (Å²) >= 11 is 11.7. The van der Waals surface area contributed by atoms with Crippen molar-refractivity contribution in [2.75, 3.05) is 0 Å². The van der Waals surface area contributed by atoms with Gasteiger partial charge in [0.05, 0.1) is 10.0 Å². The first-order valence-electron chi connectivity index (χ1n) is 6.43. The van der Waals surface area contributed by atoms with Crippen LogP contribution in [0.1, 0.15) is 36.5 Å². The van der Waals surface area contributed by atoms with Crippen LogP contribution in [-0.4, -0.2) is 20.4 Å². The molecule has 0 spiro atoms. The maximum Gasteiger partial charge on any atom is 0.262 e. The lowest BCUT2D eigenvalue weighted by Gasteiger charge is -2.14. The van der Waals surface area contributed by atoms with Crippen molar-refractivity contribution >= 4 is 48.8 Å². The number of amides is 1. The molecule has 116 valence electrons. The molecule has 1 atom stereocenters. The Bertz CT molecular complexity index is 671. The zero-order chi connectivity index (χ0) is 15.8. The largest absolute Gasteiger partial charge is 0.350 e. The smallest absolute Gasteiger partial charge is 0.262 e. The quantitative estimate of drug-likeness (QED) is 0.801. The monoisotopic (exact) mass is 369 g/mol. The summed E-state index contributed by atoms with van der Waals surface area (Å²) in [5.74, 6) is 0.274. The first kappa shape index (κ1) is 16.9. The Balaban J connectivity index is 2.22. The minimum atomic E-state index is -4.07. The van der Waals surface area contributed by atoms with Gasteiger partial charge in [0.2, 0.25) is 0 Å². The molecule has 0 heterocycles. The van der Waals surface area contributed by atoms with Crippen LogP contribution in [0.4, 0.5) is 0 Å². The molecule has 4 nitrogen and oxygen atoms in total. The van der Waals surface area contributed by atoms with Gasteiger partial charge in [-0.25, -0.2) is 8.42 Å². The highest BCUT2D eigenvalue weighted by molar-refractivity contribution is 8.13. The molecular formula is C13H14Cl3NO3S. The van der Waals surface area contributed by atoms with E-state index in [4.69, 9.17) is 33.9 Å². The van der Waals surface area contributed by atoms with E-state index in [2.05, 4.69) is 5.32 Å². The van der Waals surface area contributed by atoms with E-state index in [9.17, 15) is 13.2 Å². The zero-order valence-electron chi connectivity index (χ0n) is 11.2. The lowest BCUT2D eigenvalue weighted by atomic mass is 10.1. The number of hydrogen-bond donors (Lipinski definition) is 1. The first-order chi connectivity index (χ1) is 9.68. The summed E-state index contributed by atoms with van der Waals surface area (Å²) < 4.78 is 22.9. The fourth-order valence-corrected chi connectivity index (χ4v) is 3.86. The Morgan fingerprint density at radius 2 is 2.00 bits per heavy atom. The van der Waals surface area contributed by atoms with E-state index in [1.165, 1.54) is 18.9 Å². The molecule has 8 heteroatoms. The Morgan fingerprint density at radius 1 is 1.38 bits per heavy atom. The highest BCUT2D eigenvalue weighted by atomic mass is 35.7. The second-order valence-electron chi connectivity index (χ2n) is 5.26. The standard InChI is InChI=1S/C13H14Cl3NO3S/c1-7(4-8-2-3-8)17-13(18)9-5-10(14)12(15)11(6-9)21(16,19)20/h5-8H,2-4H2,1H3,(H,17,18). The topological polar surface area (TPSA) is 63.2 Å². The van der Waals surface area contributed by atoms with Crippen molar-refractivity contribution in [1.82, 2.24) is 5.32 Å². The summed E-state index contributed by atoms with van der Waals surface area (Å²) in [6, 6.07) is 2.47. The highest BCUT2D eigenvalue weighted by Gasteiger charge is 2.25. The van der Waals surface area contributed by atoms with E-state index in [0.29, 0.717) is 5.92 Å². The Morgan fingerprint density at radius 3 is 2.52 bits per heavy atom. The molecule has 1 saturated carbocycles. The molecule has 0 saturated heterocycles. The van der Waals surface area contributed by atoms with Crippen LogP contribution in [0.2, 0.25) is 10.0 Å². The molecule has 0 aromatic heterocycles. The Labute approximate surface area is 138 Å². The van der Waals surface area contributed by atoms with E-state index < -0.39 is 15.0 Å². The van der Waals surface area contributed by atoms with Crippen LogP contribution in [0.15, 0.2) is 17.0 Å². The molecule has 1 amide bonds. The molecule has 1 unspecified atom stereocenters. The van der Waals surface area contributed by atoms with Crippen LogP contribution in [0, 0.1) is 5.92 Å². The summed E-state index contributed by atoms with van der Waals surface area (Å²) in [7, 11) is 1.22. The zero-order valence-corrected chi connectivity index (χ0v) is 14.3. The van der Waals surface area contributed by atoms with Crippen LogP contribution < -0.4 is 5.32 Å². The van der Waals surface area contributed by atoms with Gasteiger partial charge in [0.15, 0.2) is 0 Å². The van der Waals surface area contributed by atoms with Gasteiger partial charge in [0, 0.05) is 22.3 Å². The lowest BCUT2D eigenvalue weighted by Crippen LogP contribution is -2.33. The molecule has 1 aliphatic carbocycles. The predicted molar refractivity (Wildman–Crippen MR) is 83.8 cm³/mol. The number of carbonyl (C=O) groups is 1. The molecule has 21 heavy (non-hydrogen) atoms. The van der Waals surface area contributed by atoms with E-state index in [-0.39, 0.29) is 26.5 Å². The van der Waals surface area contributed by atoms with Crippen molar-refractivity contribution in [3.05, 3.63) is 27.7 Å². The summed E-state index contributed by atoms with van der Waals surface area (Å²) in [5, 5.41) is 2.60. The van der Waals surface area contributed by atoms with Gasteiger partial charge in [-0.3, -0.25) is 4.79 Å². The second kappa shape index (κ2) is 6.32. The van der Waals surface area contributed by atoms with Gasteiger partial charge >= 0.3 is 0 Å². The molecular weight excluding hydrogens is 357 g/mol. The second-order valence-corrected chi connectivity index (χ2v) is 8.58. The molecule has 1 aromatic carbocycles. The third kappa shape index (κ3) is 4.49. The van der Waals surface area contributed by atoms with Crippen molar-refractivity contribution in [2.24, 2.45) is 5.92 Å². The van der Waals surface area contributed by atoms with Crippen molar-refractivity contribution in [3.8, 4) is 0 Å². The van der Waals surface area contributed by atoms with E-state index >= 15 is 0 Å². The minimum Gasteiger partial charge on any atom is -0.350 e. The average Bonchev–Trinajstić information content (AvgIpc) is 3.14. The van der Waals surface area contributed by atoms with Gasteiger partial charge in [0.1, 0.15) is 4.90 Å². The number of hydrogen-bond acceptors (Lipinski definition) is 3. The van der Waals surface area contributed by atoms with Gasteiger partial charge in [-0.05, 0) is 31.4 Å². The molecule has 1 aromatic rings. The maximum absolute atomic E-state index is 12.1. The van der Waals surface area contributed by atoms with E-state index in [1.807, 2.05) is 6.92 Å². The van der Waals surface area contributed by atoms with Gasteiger partial charge in [-0.2, -0.15) is 0 Å². The molecule has 1 aliphatic rings. The predicted octanol–water partition coefficient (Wildman–Crippen LogP) is 3.84. The molecule has 0 bridgehead atoms. The average molecular weight is 371 g/mol. The highest BCUT2D eigenvalue weighted by Crippen LogP contribution is 2.34. The van der Waals surface area contributed by atoms with Gasteiger partial charge < -0.3 is 5.32 Å². The van der Waals surface area contributed by atoms with Crippen molar-refractivity contribution in [3.63, 3.8) is 0 Å². The van der Waals surface area contributed by atoms with Gasteiger partial charge in [0.25, 0.3) is 15.0 Å². The fourth-order valence-electron chi connectivity index (χ4n) is 2.09. The van der Waals surface area contributed by atoms with Crippen molar-refractivity contribution in [1.29, 1.82) is 0 Å². The van der Waals surface area contributed by atoms with Gasteiger partial charge in [-0.1, -0.05) is 36.0 Å². The van der Waals surface area contributed by atoms with Crippen LogP contribution in [0.3, 0.4) is 0 Å². The van der Waals surface area contributed by atoms with Crippen LogP contribution in [0.25, 0.3) is 0 Å². The van der Waals surface area contributed by atoms with E-state index in [0.717, 1.165) is 12.5 Å². The molecule has 1 fully saturated rings. The fraction of sp³-hybridized carbons (Fsp3) is 0.462. The first-order valence-corrected chi connectivity index (χ1v) is 9.49. The molecule has 1 N–H and O–H groups in total. The number of carbonyl (C=O) groups excluding carboxylic acids is 1. The molecule has 2 rings (SSSR count). The number of rotatable bonds is 5. The molecule has 0 aliphatic heterocycles. The normalized spacial score (nSPS) is 16.6. The lowest BCUT2D eigenvalue weighted by molar-refractivity contribution is 0.0937. The summed E-state index contributed by atoms with van der Waals surface area (Å²) in [5.41, 5.74) is 0.117. The van der Waals surface area contributed by atoms with E-state index in [1.54, 1.807) is 0 Å². The van der Waals surface area contributed by atoms with Crippen LogP contribution in [0.5, 0.6) is 0 Å². The third-order valence-corrected chi connectivity index (χ3v) is 5.54. The van der Waals surface area contributed by atoms with Crippen molar-refractivity contribution < 1.29 is 13.2 Å². The number of halogens is 3. The minimum absolute atomic E-state index is 0.00973.